The van der Waals surface area contributed by atoms with Crippen molar-refractivity contribution in [1.29, 1.82) is 0 Å². The molecule has 0 bridgehead atoms. The van der Waals surface area contributed by atoms with Gasteiger partial charge in [0, 0.05) is 63.4 Å². The molecule has 0 saturated carbocycles. The van der Waals surface area contributed by atoms with Crippen molar-refractivity contribution in [3.63, 3.8) is 0 Å². The van der Waals surface area contributed by atoms with Crippen LogP contribution in [-0.2, 0) is 23.9 Å². The Morgan fingerprint density at radius 3 is 1.28 bits per heavy atom. The van der Waals surface area contributed by atoms with E-state index in [1.807, 2.05) is 64.1 Å². The average molecular weight is 982 g/mol. The van der Waals surface area contributed by atoms with Crippen LogP contribution in [0, 0.1) is 0 Å². The second-order valence-electron chi connectivity index (χ2n) is 19.4. The van der Waals surface area contributed by atoms with Gasteiger partial charge >= 0.3 is 17.9 Å². The van der Waals surface area contributed by atoms with Crippen LogP contribution in [0.25, 0.3) is 0 Å². The van der Waals surface area contributed by atoms with Crippen molar-refractivity contribution in [3.05, 3.63) is 58.7 Å². The predicted octanol–water partition coefficient (Wildman–Crippen LogP) is 11.6. The number of nitrogens with two attached hydrogens (primary N) is 1. The van der Waals surface area contributed by atoms with E-state index in [9.17, 15) is 19.2 Å². The van der Waals surface area contributed by atoms with Crippen molar-refractivity contribution in [2.45, 2.75) is 208 Å². The first-order valence-electron chi connectivity index (χ1n) is 24.5. The zero-order valence-corrected chi connectivity index (χ0v) is 45.6. The summed E-state index contributed by atoms with van der Waals surface area (Å²) in [5.74, 6) is 0.254. The van der Waals surface area contributed by atoms with E-state index in [0.29, 0.717) is 42.2 Å². The SMILES string of the molecule is CC(C)N(CCN)C(C)C.CC(C)c1cccc(C(C)C)c1OC(=O)CCC(=O)NCCN(C(C)C)C(C)C.CC(C)c1cccc(C(C)C)c1OC(=O)CCC(=O)O.ClC(Cl)C1CCCO1. The molecule has 384 valence electrons. The van der Waals surface area contributed by atoms with Crippen LogP contribution < -0.4 is 20.5 Å². The number of halogens is 2. The molecule has 0 aromatic heterocycles. The number of nitrogens with one attached hydrogen (secondary N) is 1. The van der Waals surface area contributed by atoms with Crippen molar-refractivity contribution in [3.8, 4) is 11.5 Å². The molecule has 0 aliphatic carbocycles. The molecule has 67 heavy (non-hydrogen) atoms. The molecule has 1 aliphatic heterocycles. The maximum absolute atomic E-state index is 12.4. The van der Waals surface area contributed by atoms with E-state index in [2.05, 4.69) is 98.2 Å². The molecule has 2 aromatic rings. The minimum Gasteiger partial charge on any atom is -0.481 e. The summed E-state index contributed by atoms with van der Waals surface area (Å²) in [5.41, 5.74) is 9.46. The molecule has 2 aromatic carbocycles. The molecule has 0 spiro atoms. The van der Waals surface area contributed by atoms with E-state index >= 15 is 0 Å². The third-order valence-corrected chi connectivity index (χ3v) is 11.7. The van der Waals surface area contributed by atoms with E-state index in [1.54, 1.807) is 0 Å². The van der Waals surface area contributed by atoms with Crippen LogP contribution in [0.2, 0.25) is 0 Å². The van der Waals surface area contributed by atoms with Gasteiger partial charge in [-0.05, 0) is 114 Å². The van der Waals surface area contributed by atoms with Gasteiger partial charge in [-0.3, -0.25) is 29.0 Å². The Hall–Kier alpha value is -3.26. The maximum atomic E-state index is 12.4. The van der Waals surface area contributed by atoms with E-state index in [-0.39, 0.29) is 72.2 Å². The highest BCUT2D eigenvalue weighted by Crippen LogP contribution is 2.36. The molecule has 1 saturated heterocycles. The number of para-hydroxylation sites is 2. The Morgan fingerprint density at radius 2 is 1.01 bits per heavy atom. The zero-order valence-electron chi connectivity index (χ0n) is 44.0. The second-order valence-corrected chi connectivity index (χ2v) is 20.5. The summed E-state index contributed by atoms with van der Waals surface area (Å²) >= 11 is 11.0. The number of carbonyl (C=O) groups excluding carboxylic acids is 3. The molecule has 1 fully saturated rings. The average Bonchev–Trinajstić information content (AvgIpc) is 3.79. The number of ether oxygens (including phenoxy) is 3. The number of aliphatic carboxylic acids is 1. The monoisotopic (exact) mass is 981 g/mol. The molecule has 1 atom stereocenters. The normalized spacial score (nSPS) is 13.7. The molecule has 12 nitrogen and oxygen atoms in total. The lowest BCUT2D eigenvalue weighted by atomic mass is 9.94. The second kappa shape index (κ2) is 34.1. The number of hydrogen-bond acceptors (Lipinski definition) is 10. The Morgan fingerprint density at radius 1 is 0.642 bits per heavy atom. The number of hydrogen-bond donors (Lipinski definition) is 3. The summed E-state index contributed by atoms with van der Waals surface area (Å²) in [6.45, 7) is 37.9. The van der Waals surface area contributed by atoms with E-state index < -0.39 is 11.9 Å². The smallest absolute Gasteiger partial charge is 0.311 e. The number of alkyl halides is 2. The molecule has 4 N–H and O–H groups in total. The van der Waals surface area contributed by atoms with Crippen molar-refractivity contribution < 1.29 is 38.5 Å². The molecule has 1 aliphatic rings. The first kappa shape index (κ1) is 63.7. The fourth-order valence-electron chi connectivity index (χ4n) is 7.54. The van der Waals surface area contributed by atoms with Gasteiger partial charge in [-0.25, -0.2) is 0 Å². The molecule has 1 unspecified atom stereocenters. The largest absolute Gasteiger partial charge is 0.481 e. The summed E-state index contributed by atoms with van der Waals surface area (Å²) in [4.78, 5) is 51.2. The van der Waals surface area contributed by atoms with Crippen LogP contribution in [-0.4, -0.2) is 107 Å². The number of rotatable bonds is 22. The Balaban J connectivity index is 0.000000978. The van der Waals surface area contributed by atoms with Gasteiger partial charge in [-0.1, -0.05) is 91.8 Å². The summed E-state index contributed by atoms with van der Waals surface area (Å²) in [6, 6.07) is 13.9. The number of benzene rings is 2. The summed E-state index contributed by atoms with van der Waals surface area (Å²) in [6.07, 6.45) is 2.10. The predicted molar refractivity (Wildman–Crippen MR) is 277 cm³/mol. The summed E-state index contributed by atoms with van der Waals surface area (Å²) in [5, 5.41) is 11.5. The minimum atomic E-state index is -0.997. The highest BCUT2D eigenvalue weighted by Gasteiger charge is 2.23. The third kappa shape index (κ3) is 25.8. The molecule has 3 rings (SSSR count). The van der Waals surface area contributed by atoms with Gasteiger partial charge in [0.1, 0.15) is 16.3 Å². The number of esters is 2. The summed E-state index contributed by atoms with van der Waals surface area (Å²) < 4.78 is 16.3. The Bertz CT molecular complexity index is 1660. The molecular formula is C53H90Cl2N4O8. The molecule has 0 radical (unpaired) electrons. The number of carboxylic acid groups (broad SMARTS) is 1. The fraction of sp³-hybridized carbons (Fsp3) is 0.698. The highest BCUT2D eigenvalue weighted by molar-refractivity contribution is 6.44. The first-order chi connectivity index (χ1) is 31.3. The van der Waals surface area contributed by atoms with Crippen molar-refractivity contribution in [2.24, 2.45) is 5.73 Å². The van der Waals surface area contributed by atoms with Gasteiger partial charge in [0.15, 0.2) is 0 Å². The van der Waals surface area contributed by atoms with Crippen LogP contribution in [0.3, 0.4) is 0 Å². The zero-order chi connectivity index (χ0) is 51.6. The molecule has 1 amide bonds. The lowest BCUT2D eigenvalue weighted by Crippen LogP contribution is -2.42. The standard InChI is InChI=1S/C24H40N2O3.C16H22O4.C8H20N2.C5H8Cl2O/c1-16(2)20-10-9-11-21(17(3)4)24(20)29-23(28)13-12-22(27)25-14-15-26(18(5)6)19(7)8;1-10(2)12-6-5-7-13(11(3)4)16(12)20-15(19)9-8-14(17)18;1-7(2)10(6-5-9)8(3)4;6-5(7)4-2-1-3-8-4/h9-11,16-19H,12-15H2,1-8H3,(H,25,27);5-7,10-11H,8-9H2,1-4H3,(H,17,18);7-8H,5-6,9H2,1-4H3;4-5H,1-3H2. The lowest BCUT2D eigenvalue weighted by molar-refractivity contribution is -0.142. The van der Waals surface area contributed by atoms with E-state index in [1.165, 1.54) is 0 Å². The van der Waals surface area contributed by atoms with Gasteiger partial charge in [-0.2, -0.15) is 0 Å². The van der Waals surface area contributed by atoms with Gasteiger partial charge in [0.05, 0.1) is 25.4 Å². The number of amides is 1. The molecule has 1 heterocycles. The quantitative estimate of drug-likeness (QED) is 0.0585. The number of carbonyl (C=O) groups is 4. The van der Waals surface area contributed by atoms with Crippen LogP contribution in [0.1, 0.15) is 195 Å². The van der Waals surface area contributed by atoms with Gasteiger partial charge in [0.25, 0.3) is 0 Å². The first-order valence-corrected chi connectivity index (χ1v) is 25.4. The third-order valence-electron chi connectivity index (χ3n) is 11.1. The van der Waals surface area contributed by atoms with Crippen LogP contribution in [0.4, 0.5) is 0 Å². The number of nitrogens with zero attached hydrogens (tertiary/aromatic N) is 2. The Labute approximate surface area is 415 Å². The maximum Gasteiger partial charge on any atom is 0.311 e. The van der Waals surface area contributed by atoms with Gasteiger partial charge in [0.2, 0.25) is 5.91 Å². The minimum absolute atomic E-state index is 0.0773. The lowest BCUT2D eigenvalue weighted by Gasteiger charge is -2.30. The van der Waals surface area contributed by atoms with Crippen molar-refractivity contribution >= 4 is 47.0 Å². The Kier molecular flexibility index (Phi) is 32.4. The van der Waals surface area contributed by atoms with Crippen LogP contribution in [0.5, 0.6) is 11.5 Å². The molecular weight excluding hydrogens is 892 g/mol. The van der Waals surface area contributed by atoms with Gasteiger partial charge in [-0.15, -0.1) is 23.2 Å². The topological polar surface area (TPSA) is 161 Å². The van der Waals surface area contributed by atoms with Gasteiger partial charge < -0.3 is 30.4 Å². The fourth-order valence-corrected chi connectivity index (χ4v) is 7.94. The van der Waals surface area contributed by atoms with Crippen molar-refractivity contribution in [2.75, 3.05) is 32.8 Å². The highest BCUT2D eigenvalue weighted by atomic mass is 35.5. The van der Waals surface area contributed by atoms with Crippen LogP contribution >= 0.6 is 23.2 Å². The van der Waals surface area contributed by atoms with E-state index in [0.717, 1.165) is 61.3 Å². The van der Waals surface area contributed by atoms with Crippen molar-refractivity contribution in [1.82, 2.24) is 15.1 Å². The van der Waals surface area contributed by atoms with E-state index in [4.69, 9.17) is 48.3 Å². The molecule has 14 heteroatoms. The van der Waals surface area contributed by atoms with Crippen LogP contribution in [0.15, 0.2) is 36.4 Å². The summed E-state index contributed by atoms with van der Waals surface area (Å²) in [7, 11) is 0. The number of carboxylic acids is 1.